The molecule has 0 aliphatic rings. The lowest BCUT2D eigenvalue weighted by molar-refractivity contribution is 0.634. The van der Waals surface area contributed by atoms with Gasteiger partial charge in [-0.05, 0) is 18.6 Å². The van der Waals surface area contributed by atoms with Crippen LogP contribution in [0.2, 0.25) is 0 Å². The molecule has 0 saturated carbocycles. The van der Waals surface area contributed by atoms with Gasteiger partial charge in [-0.2, -0.15) is 12.6 Å². The summed E-state index contributed by atoms with van der Waals surface area (Å²) in [7, 11) is 0. The number of benzene rings is 1. The Morgan fingerprint density at radius 2 is 2.11 bits per heavy atom. The van der Waals surface area contributed by atoms with E-state index in [1.165, 1.54) is 0 Å². The topological polar surface area (TPSA) is 42.7 Å². The number of nitrogens with zero attached hydrogens (tertiary/aromatic N) is 3. The third-order valence-electron chi connectivity index (χ3n) is 2.64. The number of thiol groups is 1. The molecule has 1 aromatic heterocycles. The van der Waals surface area contributed by atoms with Crippen LogP contribution in [0.3, 0.4) is 0 Å². The van der Waals surface area contributed by atoms with E-state index in [1.807, 2.05) is 30.3 Å². The van der Waals surface area contributed by atoms with Crippen LogP contribution in [0.5, 0.6) is 0 Å². The highest BCUT2D eigenvalue weighted by molar-refractivity contribution is 7.81. The fourth-order valence-electron chi connectivity index (χ4n) is 1.82. The Morgan fingerprint density at radius 1 is 1.33 bits per heavy atom. The Labute approximate surface area is 113 Å². The van der Waals surface area contributed by atoms with Crippen molar-refractivity contribution in [1.29, 1.82) is 0 Å². The van der Waals surface area contributed by atoms with Gasteiger partial charge in [-0.15, -0.1) is 10.2 Å². The van der Waals surface area contributed by atoms with E-state index in [2.05, 4.69) is 39.6 Å². The van der Waals surface area contributed by atoms with E-state index >= 15 is 0 Å². The molecule has 0 spiro atoms. The number of hydrogen-bond acceptors (Lipinski definition) is 4. The lowest BCUT2D eigenvalue weighted by Gasteiger charge is -2.14. The maximum Gasteiger partial charge on any atom is 0.135 e. The van der Waals surface area contributed by atoms with Crippen LogP contribution < -0.4 is 5.32 Å². The fraction of sp³-hybridized carbons (Fsp3) is 0.385. The first-order chi connectivity index (χ1) is 8.79. The van der Waals surface area contributed by atoms with Crippen molar-refractivity contribution in [2.24, 2.45) is 0 Å². The van der Waals surface area contributed by atoms with E-state index in [9.17, 15) is 0 Å². The number of hydrogen-bond donors (Lipinski definition) is 2. The van der Waals surface area contributed by atoms with Gasteiger partial charge in [0, 0.05) is 18.7 Å². The summed E-state index contributed by atoms with van der Waals surface area (Å²) in [5, 5.41) is 11.5. The van der Waals surface area contributed by atoms with Crippen LogP contribution in [0.15, 0.2) is 36.7 Å². The maximum absolute atomic E-state index is 4.55. The monoisotopic (exact) mass is 262 g/mol. The Bertz CT molecular complexity index is 469. The van der Waals surface area contributed by atoms with Crippen LogP contribution in [0, 0.1) is 0 Å². The van der Waals surface area contributed by atoms with Crippen LogP contribution in [0.25, 0.3) is 0 Å². The zero-order valence-corrected chi connectivity index (χ0v) is 11.3. The molecule has 1 heterocycles. The number of nitrogens with one attached hydrogen (secondary N) is 1. The average molecular weight is 262 g/mol. The Balaban J connectivity index is 1.94. The SMILES string of the molecule is CCCn1cnnc1CC(S)Nc1ccccc1. The predicted molar refractivity (Wildman–Crippen MR) is 76.9 cm³/mol. The van der Waals surface area contributed by atoms with Gasteiger partial charge in [0.15, 0.2) is 0 Å². The molecular weight excluding hydrogens is 244 g/mol. The van der Waals surface area contributed by atoms with Gasteiger partial charge in [0.2, 0.25) is 0 Å². The van der Waals surface area contributed by atoms with Gasteiger partial charge >= 0.3 is 0 Å². The number of para-hydroxylation sites is 1. The summed E-state index contributed by atoms with van der Waals surface area (Å²) in [5.41, 5.74) is 1.07. The number of aromatic nitrogens is 3. The molecule has 4 nitrogen and oxygen atoms in total. The molecule has 0 aliphatic heterocycles. The number of aryl methyl sites for hydroxylation is 1. The summed E-state index contributed by atoms with van der Waals surface area (Å²) in [5.74, 6) is 0.972. The first-order valence-corrected chi connectivity index (χ1v) is 6.67. The van der Waals surface area contributed by atoms with E-state index in [0.29, 0.717) is 0 Å². The first-order valence-electron chi connectivity index (χ1n) is 6.16. The predicted octanol–water partition coefficient (Wildman–Crippen LogP) is 2.60. The van der Waals surface area contributed by atoms with Gasteiger partial charge in [0.25, 0.3) is 0 Å². The zero-order chi connectivity index (χ0) is 12.8. The van der Waals surface area contributed by atoms with E-state index in [1.54, 1.807) is 6.33 Å². The highest BCUT2D eigenvalue weighted by Crippen LogP contribution is 2.12. The molecule has 96 valence electrons. The van der Waals surface area contributed by atoms with Crippen LogP contribution in [-0.2, 0) is 13.0 Å². The Kier molecular flexibility index (Phi) is 4.64. The van der Waals surface area contributed by atoms with E-state index in [-0.39, 0.29) is 5.37 Å². The zero-order valence-electron chi connectivity index (χ0n) is 10.5. The second-order valence-corrected chi connectivity index (χ2v) is 4.79. The molecule has 1 atom stereocenters. The van der Waals surface area contributed by atoms with Gasteiger partial charge in [0.1, 0.15) is 12.2 Å². The van der Waals surface area contributed by atoms with Gasteiger partial charge < -0.3 is 9.88 Å². The third-order valence-corrected chi connectivity index (χ3v) is 2.95. The molecule has 1 aromatic carbocycles. The molecule has 0 aliphatic carbocycles. The summed E-state index contributed by atoms with van der Waals surface area (Å²) in [6.45, 7) is 3.10. The van der Waals surface area contributed by atoms with Crippen LogP contribution >= 0.6 is 12.6 Å². The quantitative estimate of drug-likeness (QED) is 0.621. The molecule has 2 aromatic rings. The van der Waals surface area contributed by atoms with Crippen molar-refractivity contribution in [2.75, 3.05) is 5.32 Å². The van der Waals surface area contributed by atoms with Gasteiger partial charge in [0.05, 0.1) is 5.37 Å². The van der Waals surface area contributed by atoms with Crippen molar-refractivity contribution < 1.29 is 0 Å². The lowest BCUT2D eigenvalue weighted by atomic mass is 10.3. The minimum absolute atomic E-state index is 0.0345. The fourth-order valence-corrected chi connectivity index (χ4v) is 2.13. The number of rotatable bonds is 6. The summed E-state index contributed by atoms with van der Waals surface area (Å²) in [4.78, 5) is 0. The summed E-state index contributed by atoms with van der Waals surface area (Å²) < 4.78 is 2.08. The van der Waals surface area contributed by atoms with Crippen molar-refractivity contribution in [2.45, 2.75) is 31.7 Å². The molecule has 2 rings (SSSR count). The van der Waals surface area contributed by atoms with Crippen molar-refractivity contribution in [3.8, 4) is 0 Å². The summed E-state index contributed by atoms with van der Waals surface area (Å²) in [6.07, 6.45) is 3.61. The smallest absolute Gasteiger partial charge is 0.135 e. The molecule has 1 N–H and O–H groups in total. The van der Waals surface area contributed by atoms with Crippen molar-refractivity contribution in [3.05, 3.63) is 42.5 Å². The Morgan fingerprint density at radius 3 is 2.83 bits per heavy atom. The molecular formula is C13H18N4S. The Hall–Kier alpha value is -1.49. The molecule has 0 amide bonds. The van der Waals surface area contributed by atoms with Crippen LogP contribution in [-0.4, -0.2) is 20.1 Å². The van der Waals surface area contributed by atoms with Gasteiger partial charge in [-0.1, -0.05) is 25.1 Å². The lowest BCUT2D eigenvalue weighted by Crippen LogP contribution is -2.18. The van der Waals surface area contributed by atoms with Crippen LogP contribution in [0.4, 0.5) is 5.69 Å². The minimum Gasteiger partial charge on any atom is -0.373 e. The molecule has 18 heavy (non-hydrogen) atoms. The highest BCUT2D eigenvalue weighted by atomic mass is 32.1. The largest absolute Gasteiger partial charge is 0.373 e. The molecule has 1 unspecified atom stereocenters. The van der Waals surface area contributed by atoms with Crippen molar-refractivity contribution in [1.82, 2.24) is 14.8 Å². The normalized spacial score (nSPS) is 12.3. The summed E-state index contributed by atoms with van der Waals surface area (Å²) in [6, 6.07) is 10.1. The molecule has 0 radical (unpaired) electrons. The van der Waals surface area contributed by atoms with Crippen molar-refractivity contribution >= 4 is 18.3 Å². The van der Waals surface area contributed by atoms with Gasteiger partial charge in [-0.25, -0.2) is 0 Å². The first kappa shape index (κ1) is 13.0. The second kappa shape index (κ2) is 6.44. The number of anilines is 1. The van der Waals surface area contributed by atoms with E-state index in [0.717, 1.165) is 30.9 Å². The average Bonchev–Trinajstić information content (AvgIpc) is 2.78. The van der Waals surface area contributed by atoms with E-state index in [4.69, 9.17) is 0 Å². The van der Waals surface area contributed by atoms with Crippen molar-refractivity contribution in [3.63, 3.8) is 0 Å². The highest BCUT2D eigenvalue weighted by Gasteiger charge is 2.09. The third kappa shape index (κ3) is 3.50. The second-order valence-electron chi connectivity index (χ2n) is 4.17. The molecule has 5 heteroatoms. The molecule has 0 bridgehead atoms. The molecule has 0 saturated heterocycles. The van der Waals surface area contributed by atoms with Gasteiger partial charge in [-0.3, -0.25) is 0 Å². The standard InChI is InChI=1S/C13H18N4S/c1-2-8-17-10-14-16-12(17)9-13(18)15-11-6-4-3-5-7-11/h3-7,10,13,15,18H,2,8-9H2,1H3. The molecule has 0 fully saturated rings. The minimum atomic E-state index is 0.0345. The maximum atomic E-state index is 4.55. The summed E-state index contributed by atoms with van der Waals surface area (Å²) >= 11 is 4.55. The van der Waals surface area contributed by atoms with E-state index < -0.39 is 0 Å². The van der Waals surface area contributed by atoms with Crippen LogP contribution in [0.1, 0.15) is 19.2 Å².